The van der Waals surface area contributed by atoms with Crippen LogP contribution in [-0.4, -0.2) is 47.1 Å². The van der Waals surface area contributed by atoms with Crippen LogP contribution in [0.3, 0.4) is 0 Å². The summed E-state index contributed by atoms with van der Waals surface area (Å²) in [5.74, 6) is 0.963. The molecule has 1 fully saturated rings. The molecule has 0 saturated carbocycles. The smallest absolute Gasteiger partial charge is 0.133 e. The number of H-pyrrole nitrogens is 1. The summed E-state index contributed by atoms with van der Waals surface area (Å²) in [6.45, 7) is 5.39. The number of likely N-dealkylation sites (N-methyl/N-ethyl adjacent to an activating group) is 1. The largest absolute Gasteiger partial charge is 0.397 e. The van der Waals surface area contributed by atoms with Gasteiger partial charge in [-0.2, -0.15) is 5.10 Å². The molecule has 0 unspecified atom stereocenters. The molecule has 6 N–H and O–H groups in total. The molecule has 21 heavy (non-hydrogen) atoms. The van der Waals surface area contributed by atoms with E-state index in [1.165, 1.54) is 0 Å². The number of rotatable bonds is 4. The van der Waals surface area contributed by atoms with Crippen molar-refractivity contribution in [1.82, 2.24) is 20.4 Å². The van der Waals surface area contributed by atoms with E-state index in [2.05, 4.69) is 47.9 Å². The Morgan fingerprint density at radius 2 is 2.43 bits per heavy atom. The molecule has 1 aromatic rings. The Balaban J connectivity index is 2.26. The maximum Gasteiger partial charge on any atom is 0.133 e. The third kappa shape index (κ3) is 3.85. The molecule has 0 radical (unpaired) electrons. The van der Waals surface area contributed by atoms with Crippen molar-refractivity contribution in [3.05, 3.63) is 34.8 Å². The molecule has 2 heterocycles. The van der Waals surface area contributed by atoms with Crippen LogP contribution >= 0.6 is 15.9 Å². The summed E-state index contributed by atoms with van der Waals surface area (Å²) < 4.78 is 0.802. The number of hydrogen-bond acceptors (Lipinski definition) is 5. The summed E-state index contributed by atoms with van der Waals surface area (Å²) in [4.78, 5) is 6.43. The van der Waals surface area contributed by atoms with Crippen LogP contribution in [0.5, 0.6) is 0 Å². The van der Waals surface area contributed by atoms with Crippen LogP contribution in [0.25, 0.3) is 5.70 Å². The number of nitrogens with one attached hydrogen (secondary N) is 2. The third-order valence-corrected chi connectivity index (χ3v) is 3.95. The number of halogens is 1. The lowest BCUT2D eigenvalue weighted by Gasteiger charge is -2.19. The van der Waals surface area contributed by atoms with E-state index in [1.54, 1.807) is 12.3 Å². The maximum atomic E-state index is 6.12. The number of aromatic nitrogens is 2. The molecule has 0 amide bonds. The molecule has 1 atom stereocenters. The normalized spacial score (nSPS) is 20.1. The van der Waals surface area contributed by atoms with Gasteiger partial charge in [-0.25, -0.2) is 4.99 Å². The Bertz CT molecular complexity index is 575. The number of amidine groups is 1. The standard InChI is InChI=1S/C13H20BrN7/c1-8(15)19-12(21-4-3-9(7-21)17-2)5-11(16)13-10(14)6-18-20-13/h5-6,9,17H,1,3-4,7,15-16H2,2H3,(H,18,20)/b11-5-,19-12?/t9-/m1/s1. The highest BCUT2D eigenvalue weighted by Gasteiger charge is 2.23. The average molecular weight is 354 g/mol. The van der Waals surface area contributed by atoms with Crippen LogP contribution in [-0.2, 0) is 0 Å². The SMILES string of the molecule is C=C(N)N=C(/C=C(\N)c1[nH]ncc1Br)N1CC[C@@H](NC)C1. The Hall–Kier alpha value is -1.80. The molecule has 0 aromatic carbocycles. The Morgan fingerprint density at radius 1 is 1.67 bits per heavy atom. The highest BCUT2D eigenvalue weighted by molar-refractivity contribution is 9.10. The molecule has 7 nitrogen and oxygen atoms in total. The Morgan fingerprint density at radius 3 is 2.95 bits per heavy atom. The number of hydrogen-bond donors (Lipinski definition) is 4. The first kappa shape index (κ1) is 15.6. The molecule has 1 aliphatic rings. The first-order valence-corrected chi connectivity index (χ1v) is 7.42. The second kappa shape index (κ2) is 6.77. The van der Waals surface area contributed by atoms with Gasteiger partial charge in [0.05, 0.1) is 22.1 Å². The van der Waals surface area contributed by atoms with Gasteiger partial charge in [0.25, 0.3) is 0 Å². The third-order valence-electron chi connectivity index (χ3n) is 3.35. The zero-order valence-corrected chi connectivity index (χ0v) is 13.5. The summed E-state index contributed by atoms with van der Waals surface area (Å²) in [6.07, 6.45) is 4.49. The summed E-state index contributed by atoms with van der Waals surface area (Å²) in [5, 5.41) is 10.0. The Labute approximate surface area is 132 Å². The van der Waals surface area contributed by atoms with E-state index in [-0.39, 0.29) is 5.82 Å². The van der Waals surface area contributed by atoms with Gasteiger partial charge in [0, 0.05) is 25.2 Å². The number of aliphatic imine (C=N–C) groups is 1. The van der Waals surface area contributed by atoms with Gasteiger partial charge in [0.2, 0.25) is 0 Å². The fourth-order valence-electron chi connectivity index (χ4n) is 2.23. The first-order valence-electron chi connectivity index (χ1n) is 6.63. The van der Waals surface area contributed by atoms with E-state index in [0.717, 1.165) is 29.7 Å². The van der Waals surface area contributed by atoms with Gasteiger partial charge >= 0.3 is 0 Å². The van der Waals surface area contributed by atoms with Gasteiger partial charge in [-0.05, 0) is 29.4 Å². The van der Waals surface area contributed by atoms with Gasteiger partial charge in [-0.15, -0.1) is 0 Å². The van der Waals surface area contributed by atoms with Gasteiger partial charge < -0.3 is 21.7 Å². The molecule has 1 aliphatic heterocycles. The monoisotopic (exact) mass is 353 g/mol. The highest BCUT2D eigenvalue weighted by Crippen LogP contribution is 2.19. The van der Waals surface area contributed by atoms with Crippen molar-refractivity contribution in [1.29, 1.82) is 0 Å². The molecule has 1 aromatic heterocycles. The van der Waals surface area contributed by atoms with E-state index >= 15 is 0 Å². The van der Waals surface area contributed by atoms with Crippen molar-refractivity contribution in [3.63, 3.8) is 0 Å². The molecule has 1 saturated heterocycles. The predicted molar refractivity (Wildman–Crippen MR) is 88.3 cm³/mol. The molecule has 2 rings (SSSR count). The Kier molecular flexibility index (Phi) is 5.03. The number of aromatic amines is 1. The van der Waals surface area contributed by atoms with E-state index < -0.39 is 0 Å². The van der Waals surface area contributed by atoms with Crippen molar-refractivity contribution in [3.8, 4) is 0 Å². The number of nitrogens with two attached hydrogens (primary N) is 2. The van der Waals surface area contributed by atoms with Crippen molar-refractivity contribution >= 4 is 27.5 Å². The van der Waals surface area contributed by atoms with Crippen molar-refractivity contribution < 1.29 is 0 Å². The summed E-state index contributed by atoms with van der Waals surface area (Å²) in [5.41, 5.74) is 13.0. The maximum absolute atomic E-state index is 6.12. The van der Waals surface area contributed by atoms with E-state index in [9.17, 15) is 0 Å². The van der Waals surface area contributed by atoms with Crippen LogP contribution in [0, 0.1) is 0 Å². The minimum absolute atomic E-state index is 0.255. The zero-order chi connectivity index (χ0) is 15.4. The lowest BCUT2D eigenvalue weighted by Crippen LogP contribution is -2.33. The molecule has 0 spiro atoms. The highest BCUT2D eigenvalue weighted by atomic mass is 79.9. The van der Waals surface area contributed by atoms with Crippen LogP contribution in [0.1, 0.15) is 12.1 Å². The summed E-state index contributed by atoms with van der Waals surface area (Å²) in [6, 6.07) is 0.440. The zero-order valence-electron chi connectivity index (χ0n) is 11.9. The summed E-state index contributed by atoms with van der Waals surface area (Å²) >= 11 is 3.39. The fraction of sp³-hybridized carbons (Fsp3) is 0.385. The summed E-state index contributed by atoms with van der Waals surface area (Å²) in [7, 11) is 1.96. The van der Waals surface area contributed by atoms with Gasteiger partial charge in [0.15, 0.2) is 0 Å². The van der Waals surface area contributed by atoms with Crippen LogP contribution in [0.2, 0.25) is 0 Å². The quantitative estimate of drug-likeness (QED) is 0.468. The van der Waals surface area contributed by atoms with Crippen molar-refractivity contribution in [2.45, 2.75) is 12.5 Å². The predicted octanol–water partition coefficient (Wildman–Crippen LogP) is 0.594. The van der Waals surface area contributed by atoms with Crippen LogP contribution in [0.4, 0.5) is 0 Å². The van der Waals surface area contributed by atoms with Gasteiger partial charge in [-0.3, -0.25) is 5.10 Å². The van der Waals surface area contributed by atoms with Crippen LogP contribution < -0.4 is 16.8 Å². The molecule has 0 aliphatic carbocycles. The molecule has 0 bridgehead atoms. The lowest BCUT2D eigenvalue weighted by molar-refractivity contribution is 0.495. The van der Waals surface area contributed by atoms with E-state index in [4.69, 9.17) is 11.5 Å². The second-order valence-corrected chi connectivity index (χ2v) is 5.73. The molecular weight excluding hydrogens is 334 g/mol. The topological polar surface area (TPSA) is 108 Å². The van der Waals surface area contributed by atoms with Crippen molar-refractivity contribution in [2.24, 2.45) is 16.5 Å². The number of nitrogens with zero attached hydrogens (tertiary/aromatic N) is 3. The minimum Gasteiger partial charge on any atom is -0.397 e. The van der Waals surface area contributed by atoms with Gasteiger partial charge in [0.1, 0.15) is 11.7 Å². The number of likely N-dealkylation sites (tertiary alicyclic amines) is 1. The van der Waals surface area contributed by atoms with E-state index in [0.29, 0.717) is 17.6 Å². The average Bonchev–Trinajstić information content (AvgIpc) is 3.05. The van der Waals surface area contributed by atoms with Gasteiger partial charge in [-0.1, -0.05) is 6.58 Å². The molecule has 114 valence electrons. The first-order chi connectivity index (χ1) is 10.0. The minimum atomic E-state index is 0.255. The fourth-order valence-corrected chi connectivity index (χ4v) is 2.65. The second-order valence-electron chi connectivity index (χ2n) is 4.87. The molecule has 8 heteroatoms. The van der Waals surface area contributed by atoms with E-state index in [1.807, 2.05) is 7.05 Å². The van der Waals surface area contributed by atoms with Crippen molar-refractivity contribution in [2.75, 3.05) is 20.1 Å². The van der Waals surface area contributed by atoms with Crippen LogP contribution in [0.15, 0.2) is 34.1 Å². The molecular formula is C13H20BrN7. The lowest BCUT2D eigenvalue weighted by atomic mass is 10.3.